The molecule has 4 aromatic carbocycles. The summed E-state index contributed by atoms with van der Waals surface area (Å²) in [5, 5.41) is 19.7. The van der Waals surface area contributed by atoms with Crippen LogP contribution in [-0.4, -0.2) is 41.0 Å². The summed E-state index contributed by atoms with van der Waals surface area (Å²) in [5.74, 6) is -0.164. The van der Waals surface area contributed by atoms with Gasteiger partial charge in [0.05, 0.1) is 16.3 Å². The smallest absolute Gasteiger partial charge is 0.412 e. The van der Waals surface area contributed by atoms with Gasteiger partial charge in [-0.05, 0) is 67.4 Å². The molecule has 0 aliphatic carbocycles. The monoisotopic (exact) mass is 683 g/mol. The average Bonchev–Trinajstić information content (AvgIpc) is 3.73. The third-order valence-corrected chi connectivity index (χ3v) is 10.6. The Morgan fingerprint density at radius 2 is 1.64 bits per heavy atom. The Kier molecular flexibility index (Phi) is 7.82. The highest BCUT2D eigenvalue weighted by molar-refractivity contribution is 7.22. The van der Waals surface area contributed by atoms with Crippen LogP contribution in [0.5, 0.6) is 5.75 Å². The highest BCUT2D eigenvalue weighted by Crippen LogP contribution is 2.46. The molecule has 1 aliphatic heterocycles. The zero-order valence-electron chi connectivity index (χ0n) is 25.7. The quantitative estimate of drug-likeness (QED) is 0.157. The third-order valence-electron chi connectivity index (χ3n) is 7.99. The number of fused-ring (bicyclic) bond motifs is 5. The van der Waals surface area contributed by atoms with Gasteiger partial charge in [0, 0.05) is 50.3 Å². The van der Waals surface area contributed by atoms with Crippen molar-refractivity contribution in [3.8, 4) is 5.75 Å². The van der Waals surface area contributed by atoms with E-state index in [1.165, 1.54) is 22.7 Å². The maximum atomic E-state index is 13.9. The molecule has 0 saturated heterocycles. The van der Waals surface area contributed by atoms with Crippen molar-refractivity contribution in [2.75, 3.05) is 28.0 Å². The first-order valence-electron chi connectivity index (χ1n) is 15.0. The van der Waals surface area contributed by atoms with E-state index in [1.54, 1.807) is 37.8 Å². The molecule has 8 nitrogen and oxygen atoms in total. The number of carbonyl (C=O) groups excluding carboxylic acids is 3. The van der Waals surface area contributed by atoms with Crippen LogP contribution >= 0.6 is 34.3 Å². The van der Waals surface area contributed by atoms with E-state index in [4.69, 9.17) is 16.3 Å². The van der Waals surface area contributed by atoms with Crippen LogP contribution in [0.1, 0.15) is 51.6 Å². The van der Waals surface area contributed by atoms with Crippen molar-refractivity contribution in [1.29, 1.82) is 0 Å². The molecule has 47 heavy (non-hydrogen) atoms. The summed E-state index contributed by atoms with van der Waals surface area (Å²) in [6.45, 7) is 5.74. The van der Waals surface area contributed by atoms with E-state index in [-0.39, 0.29) is 23.5 Å². The molecule has 238 valence electrons. The number of amides is 3. The van der Waals surface area contributed by atoms with Gasteiger partial charge in [0.25, 0.3) is 11.8 Å². The van der Waals surface area contributed by atoms with Crippen LogP contribution in [0.4, 0.5) is 21.9 Å². The minimum absolute atomic E-state index is 0.0686. The number of benzene rings is 4. The Hall–Kier alpha value is -4.64. The normalized spacial score (nSPS) is 14.5. The van der Waals surface area contributed by atoms with Gasteiger partial charge in [0.15, 0.2) is 0 Å². The first-order valence-corrected chi connectivity index (χ1v) is 17.2. The first-order chi connectivity index (χ1) is 22.5. The van der Waals surface area contributed by atoms with Gasteiger partial charge in [0.1, 0.15) is 16.2 Å². The Morgan fingerprint density at radius 1 is 0.915 bits per heavy atom. The molecule has 0 fully saturated rings. The lowest BCUT2D eigenvalue weighted by molar-refractivity contribution is 0.0636. The second-order valence-electron chi connectivity index (χ2n) is 12.4. The summed E-state index contributed by atoms with van der Waals surface area (Å²) in [5.41, 5.74) is 1.87. The summed E-state index contributed by atoms with van der Waals surface area (Å²) in [7, 11) is 0. The van der Waals surface area contributed by atoms with E-state index in [0.29, 0.717) is 39.2 Å². The van der Waals surface area contributed by atoms with Crippen LogP contribution < -0.4 is 15.5 Å². The second-order valence-corrected chi connectivity index (χ2v) is 14.8. The standard InChI is InChI=1S/C36H30ClN3O5S2/c1-36(2,3)45-35(44)39-31-24-10-6-7-11-28(24)47-32(31)33(42)38-21-12-13-27-19(14-21)15-29(46-27)34(43)40-18-20(17-37)30-23-9-5-4-8-22(23)26(41)16-25(30)40/h4-16,20,41H,17-18H2,1-3H3,(H,38,42)(H,39,44). The first kappa shape index (κ1) is 31.0. The van der Waals surface area contributed by atoms with Gasteiger partial charge in [0.2, 0.25) is 0 Å². The minimum Gasteiger partial charge on any atom is -0.507 e. The van der Waals surface area contributed by atoms with Crippen LogP contribution in [0.3, 0.4) is 0 Å². The zero-order valence-corrected chi connectivity index (χ0v) is 28.1. The van der Waals surface area contributed by atoms with E-state index in [0.717, 1.165) is 36.5 Å². The molecule has 2 aromatic heterocycles. The van der Waals surface area contributed by atoms with Gasteiger partial charge in [-0.2, -0.15) is 0 Å². The maximum absolute atomic E-state index is 13.9. The number of ether oxygens (including phenoxy) is 1. The Labute approximate surface area is 283 Å². The third kappa shape index (κ3) is 5.77. The number of rotatable bonds is 5. The van der Waals surface area contributed by atoms with Gasteiger partial charge >= 0.3 is 6.09 Å². The summed E-state index contributed by atoms with van der Waals surface area (Å²) < 4.78 is 7.18. The molecule has 1 atom stereocenters. The Balaban J connectivity index is 1.16. The molecular formula is C36H30ClN3O5S2. The van der Waals surface area contributed by atoms with Gasteiger partial charge < -0.3 is 20.1 Å². The molecule has 6 aromatic rings. The lowest BCUT2D eigenvalue weighted by atomic mass is 9.95. The number of nitrogens with one attached hydrogen (secondary N) is 2. The fourth-order valence-corrected chi connectivity index (χ4v) is 8.32. The van der Waals surface area contributed by atoms with Crippen molar-refractivity contribution in [3.63, 3.8) is 0 Å². The maximum Gasteiger partial charge on any atom is 0.412 e. The number of anilines is 3. The van der Waals surface area contributed by atoms with Crippen molar-refractivity contribution in [2.24, 2.45) is 0 Å². The molecule has 7 rings (SSSR count). The Bertz CT molecular complexity index is 2240. The van der Waals surface area contributed by atoms with Crippen LogP contribution in [0.2, 0.25) is 0 Å². The number of alkyl halides is 1. The number of hydrogen-bond acceptors (Lipinski definition) is 7. The molecule has 1 unspecified atom stereocenters. The molecule has 11 heteroatoms. The Morgan fingerprint density at radius 3 is 2.38 bits per heavy atom. The minimum atomic E-state index is -0.700. The van der Waals surface area contributed by atoms with Crippen molar-refractivity contribution < 1.29 is 24.2 Å². The highest BCUT2D eigenvalue weighted by atomic mass is 35.5. The second kappa shape index (κ2) is 11.9. The van der Waals surface area contributed by atoms with E-state index in [2.05, 4.69) is 10.6 Å². The van der Waals surface area contributed by atoms with Gasteiger partial charge in [-0.1, -0.05) is 42.5 Å². The lowest BCUT2D eigenvalue weighted by Crippen LogP contribution is -2.29. The van der Waals surface area contributed by atoms with Crippen molar-refractivity contribution >= 4 is 100 Å². The summed E-state index contributed by atoms with van der Waals surface area (Å²) in [6, 6.07) is 24.0. The number of hydrogen-bond donors (Lipinski definition) is 3. The van der Waals surface area contributed by atoms with Crippen LogP contribution in [0.15, 0.2) is 78.9 Å². The SMILES string of the molecule is CC(C)(C)OC(=O)Nc1c(C(=O)Nc2ccc3sc(C(=O)N4CC(CCl)c5c4cc(O)c4ccccc54)cc3c2)sc2ccccc12. The van der Waals surface area contributed by atoms with Gasteiger partial charge in [-0.15, -0.1) is 34.3 Å². The highest BCUT2D eigenvalue weighted by Gasteiger charge is 2.35. The summed E-state index contributed by atoms with van der Waals surface area (Å²) in [6.07, 6.45) is -0.645. The van der Waals surface area contributed by atoms with Gasteiger partial charge in [-0.25, -0.2) is 4.79 Å². The van der Waals surface area contributed by atoms with Crippen molar-refractivity contribution in [3.05, 3.63) is 94.2 Å². The molecule has 0 bridgehead atoms. The number of thiophene rings is 2. The zero-order chi connectivity index (χ0) is 33.0. The molecule has 3 amide bonds. The van der Waals surface area contributed by atoms with E-state index < -0.39 is 11.7 Å². The van der Waals surface area contributed by atoms with E-state index >= 15 is 0 Å². The molecule has 0 spiro atoms. The molecule has 1 aliphatic rings. The predicted molar refractivity (Wildman–Crippen MR) is 192 cm³/mol. The molecule has 0 saturated carbocycles. The number of aromatic hydroxyl groups is 1. The molecule has 0 radical (unpaired) electrons. The van der Waals surface area contributed by atoms with E-state index in [9.17, 15) is 19.5 Å². The number of carbonyl (C=O) groups is 3. The van der Waals surface area contributed by atoms with Crippen LogP contribution in [0, 0.1) is 0 Å². The number of phenolic OH excluding ortho intramolecular Hbond substituents is 1. The summed E-state index contributed by atoms with van der Waals surface area (Å²) >= 11 is 9.03. The van der Waals surface area contributed by atoms with Gasteiger partial charge in [-0.3, -0.25) is 14.9 Å². The van der Waals surface area contributed by atoms with Crippen LogP contribution in [0.25, 0.3) is 30.9 Å². The molecular weight excluding hydrogens is 654 g/mol. The topological polar surface area (TPSA) is 108 Å². The number of nitrogens with zero attached hydrogens (tertiary/aromatic N) is 1. The predicted octanol–water partition coefficient (Wildman–Crippen LogP) is 9.56. The molecule has 3 heterocycles. The lowest BCUT2D eigenvalue weighted by Gasteiger charge is -2.20. The number of halogens is 1. The van der Waals surface area contributed by atoms with E-state index in [1.807, 2.05) is 66.7 Å². The largest absolute Gasteiger partial charge is 0.507 e. The summed E-state index contributed by atoms with van der Waals surface area (Å²) in [4.78, 5) is 42.8. The number of phenols is 1. The molecule has 3 N–H and O–H groups in total. The van der Waals surface area contributed by atoms with Crippen molar-refractivity contribution in [2.45, 2.75) is 32.3 Å². The fourth-order valence-electron chi connectivity index (χ4n) is 6.03. The fraction of sp³-hybridized carbons (Fsp3) is 0.194. The van der Waals surface area contributed by atoms with Crippen molar-refractivity contribution in [1.82, 2.24) is 0 Å². The average molecular weight is 684 g/mol. The van der Waals surface area contributed by atoms with Crippen LogP contribution in [-0.2, 0) is 4.74 Å².